The fraction of sp³-hybridized carbons (Fsp3) is 0.500. The van der Waals surface area contributed by atoms with Crippen molar-refractivity contribution in [1.82, 2.24) is 10.3 Å². The minimum Gasteiger partial charge on any atom is -0.388 e. The fourth-order valence-corrected chi connectivity index (χ4v) is 1.21. The minimum atomic E-state index is -0.373. The molecule has 1 aromatic heterocycles. The van der Waals surface area contributed by atoms with E-state index >= 15 is 0 Å². The lowest BCUT2D eigenvalue weighted by atomic mass is 10.1. The summed E-state index contributed by atoms with van der Waals surface area (Å²) in [5.74, 6) is 0. The summed E-state index contributed by atoms with van der Waals surface area (Å²) in [6.45, 7) is 0.942. The second-order valence-corrected chi connectivity index (χ2v) is 3.05. The molecule has 13 heavy (non-hydrogen) atoms. The molecule has 3 heteroatoms. The van der Waals surface area contributed by atoms with Crippen molar-refractivity contribution in [2.24, 2.45) is 0 Å². The fourth-order valence-electron chi connectivity index (χ4n) is 1.21. The highest BCUT2D eigenvalue weighted by atomic mass is 16.3. The monoisotopic (exact) mass is 180 g/mol. The van der Waals surface area contributed by atoms with E-state index in [-0.39, 0.29) is 6.10 Å². The molecule has 0 fully saturated rings. The molecule has 3 nitrogen and oxygen atoms in total. The summed E-state index contributed by atoms with van der Waals surface area (Å²) >= 11 is 0. The number of aliphatic hydroxyl groups is 1. The molecule has 0 aliphatic rings. The standard InChI is InChI=1S/C10H16N2O/c1-11-6-3-5-10(13)9-4-2-7-12-8-9/h2,4,7-8,10-11,13H,3,5-6H2,1H3/t10-/m1/s1. The van der Waals surface area contributed by atoms with Gasteiger partial charge in [-0.25, -0.2) is 0 Å². The Morgan fingerprint density at radius 1 is 1.62 bits per heavy atom. The van der Waals surface area contributed by atoms with Gasteiger partial charge in [0.25, 0.3) is 0 Å². The third kappa shape index (κ3) is 3.53. The van der Waals surface area contributed by atoms with Crippen LogP contribution in [0.4, 0.5) is 0 Å². The third-order valence-corrected chi connectivity index (χ3v) is 1.97. The number of pyridine rings is 1. The van der Waals surface area contributed by atoms with E-state index in [0.29, 0.717) is 0 Å². The summed E-state index contributed by atoms with van der Waals surface area (Å²) in [4.78, 5) is 3.96. The van der Waals surface area contributed by atoms with E-state index in [1.807, 2.05) is 19.2 Å². The first kappa shape index (κ1) is 10.2. The van der Waals surface area contributed by atoms with E-state index in [1.165, 1.54) is 0 Å². The van der Waals surface area contributed by atoms with Crippen LogP contribution in [0.3, 0.4) is 0 Å². The maximum Gasteiger partial charge on any atom is 0.0805 e. The van der Waals surface area contributed by atoms with Gasteiger partial charge in [0, 0.05) is 12.4 Å². The molecule has 0 aromatic carbocycles. The van der Waals surface area contributed by atoms with Gasteiger partial charge < -0.3 is 10.4 Å². The summed E-state index contributed by atoms with van der Waals surface area (Å²) < 4.78 is 0. The van der Waals surface area contributed by atoms with Gasteiger partial charge in [-0.2, -0.15) is 0 Å². The molecule has 1 heterocycles. The normalized spacial score (nSPS) is 12.8. The first-order valence-electron chi connectivity index (χ1n) is 4.57. The van der Waals surface area contributed by atoms with E-state index in [2.05, 4.69) is 10.3 Å². The molecular weight excluding hydrogens is 164 g/mol. The largest absolute Gasteiger partial charge is 0.388 e. The van der Waals surface area contributed by atoms with Crippen molar-refractivity contribution in [3.63, 3.8) is 0 Å². The lowest BCUT2D eigenvalue weighted by Crippen LogP contribution is -2.09. The van der Waals surface area contributed by atoms with Crippen molar-refractivity contribution in [2.75, 3.05) is 13.6 Å². The second kappa shape index (κ2) is 5.67. The molecule has 0 radical (unpaired) electrons. The molecule has 1 rings (SSSR count). The van der Waals surface area contributed by atoms with Crippen LogP contribution < -0.4 is 5.32 Å². The molecule has 0 saturated heterocycles. The summed E-state index contributed by atoms with van der Waals surface area (Å²) in [6.07, 6.45) is 4.81. The number of nitrogens with one attached hydrogen (secondary N) is 1. The Morgan fingerprint density at radius 2 is 2.46 bits per heavy atom. The van der Waals surface area contributed by atoms with E-state index in [0.717, 1.165) is 24.9 Å². The molecule has 0 saturated carbocycles. The highest BCUT2D eigenvalue weighted by molar-refractivity contribution is 5.11. The number of aliphatic hydroxyl groups excluding tert-OH is 1. The van der Waals surface area contributed by atoms with Crippen LogP contribution in [0.5, 0.6) is 0 Å². The number of hydrogen-bond donors (Lipinski definition) is 2. The molecule has 0 aliphatic carbocycles. The van der Waals surface area contributed by atoms with Crippen LogP contribution in [0, 0.1) is 0 Å². The molecule has 0 unspecified atom stereocenters. The number of rotatable bonds is 5. The van der Waals surface area contributed by atoms with Gasteiger partial charge in [0.05, 0.1) is 6.10 Å². The van der Waals surface area contributed by atoms with Crippen LogP contribution in [-0.2, 0) is 0 Å². The van der Waals surface area contributed by atoms with E-state index in [9.17, 15) is 5.11 Å². The molecule has 2 N–H and O–H groups in total. The highest BCUT2D eigenvalue weighted by Gasteiger charge is 2.05. The van der Waals surface area contributed by atoms with Crippen molar-refractivity contribution in [3.05, 3.63) is 30.1 Å². The molecule has 0 amide bonds. The van der Waals surface area contributed by atoms with E-state index in [4.69, 9.17) is 0 Å². The average molecular weight is 180 g/mol. The zero-order chi connectivity index (χ0) is 9.52. The van der Waals surface area contributed by atoms with Gasteiger partial charge in [0.1, 0.15) is 0 Å². The Kier molecular flexibility index (Phi) is 4.43. The predicted molar refractivity (Wildman–Crippen MR) is 52.4 cm³/mol. The molecule has 1 atom stereocenters. The maximum atomic E-state index is 9.68. The number of aromatic nitrogens is 1. The van der Waals surface area contributed by atoms with Crippen LogP contribution in [-0.4, -0.2) is 23.7 Å². The number of nitrogens with zero attached hydrogens (tertiary/aromatic N) is 1. The van der Waals surface area contributed by atoms with Gasteiger partial charge in [-0.1, -0.05) is 6.07 Å². The lowest BCUT2D eigenvalue weighted by molar-refractivity contribution is 0.164. The van der Waals surface area contributed by atoms with Crippen molar-refractivity contribution in [1.29, 1.82) is 0 Å². The van der Waals surface area contributed by atoms with Crippen LogP contribution >= 0.6 is 0 Å². The van der Waals surface area contributed by atoms with Crippen LogP contribution in [0.25, 0.3) is 0 Å². The first-order valence-corrected chi connectivity index (χ1v) is 4.57. The Bertz CT molecular complexity index is 226. The van der Waals surface area contributed by atoms with Crippen LogP contribution in [0.1, 0.15) is 24.5 Å². The summed E-state index contributed by atoms with van der Waals surface area (Å²) in [5.41, 5.74) is 0.901. The topological polar surface area (TPSA) is 45.1 Å². The van der Waals surface area contributed by atoms with E-state index < -0.39 is 0 Å². The van der Waals surface area contributed by atoms with Crippen LogP contribution in [0.2, 0.25) is 0 Å². The zero-order valence-electron chi connectivity index (χ0n) is 7.90. The van der Waals surface area contributed by atoms with Crippen molar-refractivity contribution < 1.29 is 5.11 Å². The summed E-state index contributed by atoms with van der Waals surface area (Å²) in [6, 6.07) is 3.74. The van der Waals surface area contributed by atoms with Gasteiger partial charge in [-0.05, 0) is 38.1 Å². The SMILES string of the molecule is CNCCC[C@@H](O)c1cccnc1. The Labute approximate surface area is 78.8 Å². The first-order chi connectivity index (χ1) is 6.34. The number of hydrogen-bond acceptors (Lipinski definition) is 3. The maximum absolute atomic E-state index is 9.68. The van der Waals surface area contributed by atoms with Gasteiger partial charge in [-0.3, -0.25) is 4.98 Å². The lowest BCUT2D eigenvalue weighted by Gasteiger charge is -2.09. The molecule has 0 spiro atoms. The predicted octanol–water partition coefficient (Wildman–Crippen LogP) is 1.11. The second-order valence-electron chi connectivity index (χ2n) is 3.05. The third-order valence-electron chi connectivity index (χ3n) is 1.97. The van der Waals surface area contributed by atoms with Crippen molar-refractivity contribution >= 4 is 0 Å². The Morgan fingerprint density at radius 3 is 3.08 bits per heavy atom. The van der Waals surface area contributed by atoms with Gasteiger partial charge in [0.2, 0.25) is 0 Å². The molecule has 0 aliphatic heterocycles. The zero-order valence-corrected chi connectivity index (χ0v) is 7.90. The van der Waals surface area contributed by atoms with Gasteiger partial charge in [-0.15, -0.1) is 0 Å². The van der Waals surface area contributed by atoms with Crippen molar-refractivity contribution in [3.8, 4) is 0 Å². The molecular formula is C10H16N2O. The smallest absolute Gasteiger partial charge is 0.0805 e. The van der Waals surface area contributed by atoms with E-state index in [1.54, 1.807) is 12.4 Å². The van der Waals surface area contributed by atoms with Crippen LogP contribution in [0.15, 0.2) is 24.5 Å². The summed E-state index contributed by atoms with van der Waals surface area (Å²) in [7, 11) is 1.91. The molecule has 72 valence electrons. The summed E-state index contributed by atoms with van der Waals surface area (Å²) in [5, 5.41) is 12.7. The van der Waals surface area contributed by atoms with Crippen molar-refractivity contribution in [2.45, 2.75) is 18.9 Å². The minimum absolute atomic E-state index is 0.373. The molecule has 0 bridgehead atoms. The van der Waals surface area contributed by atoms with Gasteiger partial charge in [0.15, 0.2) is 0 Å². The quantitative estimate of drug-likeness (QED) is 0.667. The molecule has 1 aromatic rings. The Hall–Kier alpha value is -0.930. The highest BCUT2D eigenvalue weighted by Crippen LogP contribution is 2.15. The van der Waals surface area contributed by atoms with Gasteiger partial charge >= 0.3 is 0 Å². The Balaban J connectivity index is 2.35. The average Bonchev–Trinajstić information content (AvgIpc) is 2.19.